The van der Waals surface area contributed by atoms with E-state index in [1.165, 1.54) is 0 Å². The second kappa shape index (κ2) is 6.57. The highest BCUT2D eigenvalue weighted by molar-refractivity contribution is 5.68. The van der Waals surface area contributed by atoms with Gasteiger partial charge in [0.25, 0.3) is 0 Å². The molecule has 0 saturated carbocycles. The molecule has 0 aromatic heterocycles. The first-order valence-corrected chi connectivity index (χ1v) is 6.58. The number of benzene rings is 1. The molecule has 0 spiro atoms. The highest BCUT2D eigenvalue weighted by atomic mass is 16.5. The number of hydrogen-bond acceptors (Lipinski definition) is 3. The summed E-state index contributed by atoms with van der Waals surface area (Å²) >= 11 is 0. The molecule has 0 aliphatic heterocycles. The van der Waals surface area contributed by atoms with E-state index in [1.54, 1.807) is 0 Å². The Morgan fingerprint density at radius 2 is 2.16 bits per heavy atom. The first kappa shape index (κ1) is 15.5. The minimum atomic E-state index is -0.844. The fourth-order valence-electron chi connectivity index (χ4n) is 2.03. The molecule has 0 aliphatic rings. The van der Waals surface area contributed by atoms with Gasteiger partial charge >= 0.3 is 5.97 Å². The Kier molecular flexibility index (Phi) is 5.36. The van der Waals surface area contributed by atoms with Crippen molar-refractivity contribution in [1.29, 1.82) is 0 Å². The lowest BCUT2D eigenvalue weighted by Crippen LogP contribution is -2.40. The van der Waals surface area contributed by atoms with Crippen molar-refractivity contribution in [1.82, 2.24) is 0 Å². The van der Waals surface area contributed by atoms with Crippen LogP contribution in [0.1, 0.15) is 45.1 Å². The van der Waals surface area contributed by atoms with E-state index in [9.17, 15) is 4.79 Å². The molecule has 0 fully saturated rings. The van der Waals surface area contributed by atoms with Gasteiger partial charge in [-0.3, -0.25) is 4.79 Å². The number of aliphatic carboxylic acids is 1. The van der Waals surface area contributed by atoms with Crippen LogP contribution in [0.15, 0.2) is 24.3 Å². The Morgan fingerprint density at radius 1 is 1.47 bits per heavy atom. The minimum absolute atomic E-state index is 0.0146. The third kappa shape index (κ3) is 4.91. The molecule has 0 amide bonds. The van der Waals surface area contributed by atoms with Gasteiger partial charge in [-0.1, -0.05) is 19.1 Å². The summed E-state index contributed by atoms with van der Waals surface area (Å²) in [6.45, 7) is 6.39. The zero-order valence-corrected chi connectivity index (χ0v) is 11.8. The zero-order valence-electron chi connectivity index (χ0n) is 11.8. The maximum absolute atomic E-state index is 11.0. The third-order valence-corrected chi connectivity index (χ3v) is 3.01. The Hall–Kier alpha value is -1.55. The van der Waals surface area contributed by atoms with Gasteiger partial charge < -0.3 is 15.6 Å². The monoisotopic (exact) mass is 265 g/mol. The van der Waals surface area contributed by atoms with Gasteiger partial charge in [0.2, 0.25) is 0 Å². The summed E-state index contributed by atoms with van der Waals surface area (Å²) in [5.41, 5.74) is 6.42. The van der Waals surface area contributed by atoms with Crippen LogP contribution in [0.5, 0.6) is 5.75 Å². The molecule has 1 rings (SSSR count). The van der Waals surface area contributed by atoms with Gasteiger partial charge in [0.05, 0.1) is 13.0 Å². The molecule has 106 valence electrons. The van der Waals surface area contributed by atoms with E-state index >= 15 is 0 Å². The van der Waals surface area contributed by atoms with Crippen LogP contribution in [0, 0.1) is 0 Å². The second-order valence-electron chi connectivity index (χ2n) is 5.39. The van der Waals surface area contributed by atoms with Crippen molar-refractivity contribution in [3.63, 3.8) is 0 Å². The first-order valence-electron chi connectivity index (χ1n) is 6.58. The molecule has 1 atom stereocenters. The predicted molar refractivity (Wildman–Crippen MR) is 75.5 cm³/mol. The van der Waals surface area contributed by atoms with Crippen molar-refractivity contribution >= 4 is 5.97 Å². The highest BCUT2D eigenvalue weighted by Gasteiger charge is 2.29. The molecule has 19 heavy (non-hydrogen) atoms. The summed E-state index contributed by atoms with van der Waals surface area (Å²) in [5.74, 6) is -0.322. The summed E-state index contributed by atoms with van der Waals surface area (Å²) in [5, 5.41) is 9.03. The lowest BCUT2D eigenvalue weighted by atomic mass is 9.80. The predicted octanol–water partition coefficient (Wildman–Crippen LogP) is 2.77. The van der Waals surface area contributed by atoms with Crippen LogP contribution in [0.2, 0.25) is 0 Å². The molecular weight excluding hydrogens is 242 g/mol. The van der Waals surface area contributed by atoms with Crippen molar-refractivity contribution in [3.8, 4) is 5.75 Å². The SMILES string of the molecule is CCCOc1cccc(C(CC(=O)O)C(C)(C)N)c1. The van der Waals surface area contributed by atoms with Gasteiger partial charge in [-0.15, -0.1) is 0 Å². The summed E-state index contributed by atoms with van der Waals surface area (Å²) in [6, 6.07) is 7.54. The molecule has 0 bridgehead atoms. The van der Waals surface area contributed by atoms with E-state index in [-0.39, 0.29) is 12.3 Å². The molecule has 0 radical (unpaired) electrons. The van der Waals surface area contributed by atoms with E-state index in [1.807, 2.05) is 45.0 Å². The number of carbonyl (C=O) groups is 1. The maximum Gasteiger partial charge on any atom is 0.304 e. The number of rotatable bonds is 7. The van der Waals surface area contributed by atoms with E-state index < -0.39 is 11.5 Å². The fraction of sp³-hybridized carbons (Fsp3) is 0.533. The molecular formula is C15H23NO3. The summed E-state index contributed by atoms with van der Waals surface area (Å²) < 4.78 is 5.58. The summed E-state index contributed by atoms with van der Waals surface area (Å²) in [7, 11) is 0. The summed E-state index contributed by atoms with van der Waals surface area (Å²) in [6.07, 6.45) is 0.950. The van der Waals surface area contributed by atoms with Crippen molar-refractivity contribution in [2.75, 3.05) is 6.61 Å². The number of nitrogens with two attached hydrogens (primary N) is 1. The van der Waals surface area contributed by atoms with Crippen molar-refractivity contribution < 1.29 is 14.6 Å². The van der Waals surface area contributed by atoms with Gasteiger partial charge in [-0.05, 0) is 38.0 Å². The maximum atomic E-state index is 11.0. The Bertz CT molecular complexity index is 424. The fourth-order valence-corrected chi connectivity index (χ4v) is 2.03. The molecule has 0 heterocycles. The van der Waals surface area contributed by atoms with E-state index in [2.05, 4.69) is 0 Å². The van der Waals surface area contributed by atoms with Crippen molar-refractivity contribution in [2.45, 2.75) is 45.1 Å². The first-order chi connectivity index (χ1) is 8.84. The average Bonchev–Trinajstić information content (AvgIpc) is 2.32. The second-order valence-corrected chi connectivity index (χ2v) is 5.39. The standard InChI is InChI=1S/C15H23NO3/c1-4-8-19-12-7-5-6-11(9-12)13(10-14(17)18)15(2,3)16/h5-7,9,13H,4,8,10,16H2,1-3H3,(H,17,18). The summed E-state index contributed by atoms with van der Waals surface area (Å²) in [4.78, 5) is 11.0. The van der Waals surface area contributed by atoms with Crippen molar-refractivity contribution in [2.24, 2.45) is 5.73 Å². The number of ether oxygens (including phenoxy) is 1. The Morgan fingerprint density at radius 3 is 2.68 bits per heavy atom. The molecule has 0 saturated heterocycles. The topological polar surface area (TPSA) is 72.5 Å². The van der Waals surface area contributed by atoms with Crippen LogP contribution in [0.25, 0.3) is 0 Å². The van der Waals surface area contributed by atoms with Crippen molar-refractivity contribution in [3.05, 3.63) is 29.8 Å². The Balaban J connectivity index is 2.98. The van der Waals surface area contributed by atoms with Crippen LogP contribution in [-0.2, 0) is 4.79 Å². The lowest BCUT2D eigenvalue weighted by Gasteiger charge is -2.30. The van der Waals surface area contributed by atoms with E-state index in [4.69, 9.17) is 15.6 Å². The number of hydrogen-bond donors (Lipinski definition) is 2. The molecule has 1 unspecified atom stereocenters. The quantitative estimate of drug-likeness (QED) is 0.795. The van der Waals surface area contributed by atoms with Gasteiger partial charge in [-0.2, -0.15) is 0 Å². The van der Waals surface area contributed by atoms with Crippen LogP contribution in [0.3, 0.4) is 0 Å². The number of carboxylic acids is 1. The van der Waals surface area contributed by atoms with Gasteiger partial charge in [0, 0.05) is 11.5 Å². The van der Waals surface area contributed by atoms with Crippen LogP contribution in [-0.4, -0.2) is 23.2 Å². The number of carboxylic acid groups (broad SMARTS) is 1. The molecule has 1 aromatic carbocycles. The molecule has 1 aromatic rings. The normalized spacial score (nSPS) is 13.1. The largest absolute Gasteiger partial charge is 0.494 e. The molecule has 4 nitrogen and oxygen atoms in total. The molecule has 4 heteroatoms. The Labute approximate surface area is 114 Å². The van der Waals surface area contributed by atoms with Crippen LogP contribution < -0.4 is 10.5 Å². The van der Waals surface area contributed by atoms with Gasteiger partial charge in [0.1, 0.15) is 5.75 Å². The zero-order chi connectivity index (χ0) is 14.5. The minimum Gasteiger partial charge on any atom is -0.494 e. The van der Waals surface area contributed by atoms with Gasteiger partial charge in [0.15, 0.2) is 0 Å². The van der Waals surface area contributed by atoms with Crippen LogP contribution >= 0.6 is 0 Å². The van der Waals surface area contributed by atoms with E-state index in [0.29, 0.717) is 6.61 Å². The molecule has 3 N–H and O–H groups in total. The molecule has 0 aliphatic carbocycles. The average molecular weight is 265 g/mol. The van der Waals surface area contributed by atoms with Crippen LogP contribution in [0.4, 0.5) is 0 Å². The van der Waals surface area contributed by atoms with E-state index in [0.717, 1.165) is 17.7 Å². The smallest absolute Gasteiger partial charge is 0.304 e. The third-order valence-electron chi connectivity index (χ3n) is 3.01. The lowest BCUT2D eigenvalue weighted by molar-refractivity contribution is -0.137. The highest BCUT2D eigenvalue weighted by Crippen LogP contribution is 2.31. The van der Waals surface area contributed by atoms with Gasteiger partial charge in [-0.25, -0.2) is 0 Å².